The van der Waals surface area contributed by atoms with Crippen LogP contribution in [0.15, 0.2) is 48.5 Å². The molecule has 2 aromatic carbocycles. The van der Waals surface area contributed by atoms with Crippen LogP contribution in [0.25, 0.3) is 11.1 Å². The van der Waals surface area contributed by atoms with Crippen molar-refractivity contribution in [3.05, 3.63) is 59.7 Å². The molecule has 112 valence electrons. The fourth-order valence-electron chi connectivity index (χ4n) is 3.74. The average molecular weight is 292 g/mol. The van der Waals surface area contributed by atoms with Gasteiger partial charge in [0.15, 0.2) is 0 Å². The minimum atomic E-state index is -0.706. The van der Waals surface area contributed by atoms with Gasteiger partial charge in [0.25, 0.3) is 0 Å². The van der Waals surface area contributed by atoms with Gasteiger partial charge in [0.1, 0.15) is 0 Å². The van der Waals surface area contributed by atoms with Crippen molar-refractivity contribution in [2.75, 3.05) is 13.1 Å². The number of likely N-dealkylation sites (tertiary alicyclic amines) is 1. The van der Waals surface area contributed by atoms with Crippen LogP contribution in [0.1, 0.15) is 37.7 Å². The van der Waals surface area contributed by atoms with Crippen LogP contribution in [0.3, 0.4) is 0 Å². The van der Waals surface area contributed by atoms with E-state index >= 15 is 0 Å². The molecule has 0 N–H and O–H groups in total. The molecule has 2 unspecified atom stereocenters. The van der Waals surface area contributed by atoms with Crippen LogP contribution in [-0.2, 0) is 11.2 Å². The highest BCUT2D eigenvalue weighted by molar-refractivity contribution is 5.80. The number of carbonyl (C=O) groups is 1. The first-order valence-corrected chi connectivity index (χ1v) is 8.14. The number of rotatable bonds is 2. The number of nitrogens with zero attached hydrogens (tertiary/aromatic N) is 1. The average Bonchev–Trinajstić information content (AvgIpc) is 3.14. The van der Waals surface area contributed by atoms with E-state index in [0.717, 1.165) is 37.9 Å². The van der Waals surface area contributed by atoms with E-state index in [9.17, 15) is 4.79 Å². The Kier molecular flexibility index (Phi) is 3.17. The predicted octanol–water partition coefficient (Wildman–Crippen LogP) is 4.01. The molecule has 2 aliphatic rings. The first kappa shape index (κ1) is 12.5. The van der Waals surface area contributed by atoms with Crippen LogP contribution in [-0.4, -0.2) is 23.9 Å². The summed E-state index contributed by atoms with van der Waals surface area (Å²) in [4.78, 5) is 14.6. The molecule has 2 atom stereocenters. The third-order valence-corrected chi connectivity index (χ3v) is 4.87. The Morgan fingerprint density at radius 3 is 2.55 bits per heavy atom. The minimum Gasteiger partial charge on any atom is -0.343 e. The number of hydrogen-bond acceptors (Lipinski definition) is 1. The Labute approximate surface area is 133 Å². The summed E-state index contributed by atoms with van der Waals surface area (Å²) in [5.41, 5.74) is 4.84. The molecule has 2 heteroatoms. The zero-order chi connectivity index (χ0) is 15.8. The second-order valence-corrected chi connectivity index (χ2v) is 6.25. The number of hydrogen-bond donors (Lipinski definition) is 0. The van der Waals surface area contributed by atoms with Crippen LogP contribution in [0.4, 0.5) is 0 Å². The topological polar surface area (TPSA) is 20.3 Å². The normalized spacial score (nSPS) is 21.7. The number of amides is 1. The summed E-state index contributed by atoms with van der Waals surface area (Å²) in [7, 11) is 0. The van der Waals surface area contributed by atoms with Crippen LogP contribution < -0.4 is 0 Å². The van der Waals surface area contributed by atoms with Gasteiger partial charge in [0, 0.05) is 20.9 Å². The number of benzene rings is 2. The third kappa shape index (κ3) is 2.33. The lowest BCUT2D eigenvalue weighted by molar-refractivity contribution is -0.130. The van der Waals surface area contributed by atoms with Crippen molar-refractivity contribution in [2.45, 2.75) is 31.6 Å². The molecule has 2 aromatic rings. The zero-order valence-electron chi connectivity index (χ0n) is 13.7. The largest absolute Gasteiger partial charge is 0.343 e. The molecule has 1 saturated heterocycles. The third-order valence-electron chi connectivity index (χ3n) is 4.87. The molecule has 1 heterocycles. The van der Waals surface area contributed by atoms with Crippen molar-refractivity contribution in [2.24, 2.45) is 0 Å². The van der Waals surface area contributed by atoms with Crippen LogP contribution in [0, 0.1) is 0 Å². The summed E-state index contributed by atoms with van der Waals surface area (Å²) >= 11 is 0. The Bertz CT molecular complexity index is 736. The fourth-order valence-corrected chi connectivity index (χ4v) is 3.74. The smallest absolute Gasteiger partial charge is 0.223 e. The highest BCUT2D eigenvalue weighted by atomic mass is 16.2. The van der Waals surface area contributed by atoms with Gasteiger partial charge in [-0.2, -0.15) is 0 Å². The summed E-state index contributed by atoms with van der Waals surface area (Å²) in [6.45, 7) is 1.64. The maximum Gasteiger partial charge on any atom is 0.223 e. The fraction of sp³-hybridized carbons (Fsp3) is 0.350. The van der Waals surface area contributed by atoms with Crippen molar-refractivity contribution in [1.82, 2.24) is 4.90 Å². The van der Waals surface area contributed by atoms with E-state index in [4.69, 9.17) is 1.37 Å². The van der Waals surface area contributed by atoms with E-state index in [1.807, 2.05) is 23.1 Å². The molecule has 0 bridgehead atoms. The van der Waals surface area contributed by atoms with Gasteiger partial charge >= 0.3 is 0 Å². The summed E-state index contributed by atoms with van der Waals surface area (Å²) in [6, 6.07) is 16.7. The summed E-state index contributed by atoms with van der Waals surface area (Å²) < 4.78 is 8.62. The summed E-state index contributed by atoms with van der Waals surface area (Å²) in [5.74, 6) is -0.0455. The standard InChI is InChI=1S/C20H21NO/c22-20(21-11-5-6-12-21)14-16-13-15-7-1-2-8-17(15)19-10-4-3-9-18(16)19/h1-4,7-10,16H,5-6,11-14H2/i14D. The highest BCUT2D eigenvalue weighted by Crippen LogP contribution is 2.41. The molecule has 0 spiro atoms. The summed E-state index contributed by atoms with van der Waals surface area (Å²) in [5, 5.41) is 0. The first-order chi connectivity index (χ1) is 11.3. The van der Waals surface area contributed by atoms with Gasteiger partial charge in [-0.1, -0.05) is 48.5 Å². The van der Waals surface area contributed by atoms with E-state index in [1.165, 1.54) is 16.7 Å². The van der Waals surface area contributed by atoms with Gasteiger partial charge in [-0.15, -0.1) is 0 Å². The van der Waals surface area contributed by atoms with Crippen molar-refractivity contribution >= 4 is 5.91 Å². The lowest BCUT2D eigenvalue weighted by atomic mass is 9.77. The van der Waals surface area contributed by atoms with E-state index in [-0.39, 0.29) is 11.8 Å². The monoisotopic (exact) mass is 292 g/mol. The molecular formula is C20H21NO. The Morgan fingerprint density at radius 2 is 1.73 bits per heavy atom. The van der Waals surface area contributed by atoms with Crippen molar-refractivity contribution < 1.29 is 6.17 Å². The van der Waals surface area contributed by atoms with E-state index in [2.05, 4.69) is 30.3 Å². The lowest BCUT2D eigenvalue weighted by Crippen LogP contribution is -2.30. The predicted molar refractivity (Wildman–Crippen MR) is 88.8 cm³/mol. The number of fused-ring (bicyclic) bond motifs is 3. The molecule has 1 aliphatic heterocycles. The van der Waals surface area contributed by atoms with Gasteiger partial charge < -0.3 is 4.90 Å². The second kappa shape index (κ2) is 5.60. The van der Waals surface area contributed by atoms with E-state index in [0.29, 0.717) is 0 Å². The van der Waals surface area contributed by atoms with Gasteiger partial charge in [0.05, 0.1) is 0 Å². The molecule has 1 fully saturated rings. The second-order valence-electron chi connectivity index (χ2n) is 6.25. The molecule has 1 amide bonds. The first-order valence-electron chi connectivity index (χ1n) is 8.71. The van der Waals surface area contributed by atoms with Crippen molar-refractivity contribution in [1.29, 1.82) is 0 Å². The molecule has 22 heavy (non-hydrogen) atoms. The molecule has 0 aromatic heterocycles. The Balaban J connectivity index is 1.71. The number of carbonyl (C=O) groups excluding carboxylic acids is 1. The van der Waals surface area contributed by atoms with Gasteiger partial charge in [-0.25, -0.2) is 0 Å². The van der Waals surface area contributed by atoms with Crippen molar-refractivity contribution in [3.63, 3.8) is 0 Å². The van der Waals surface area contributed by atoms with Crippen LogP contribution >= 0.6 is 0 Å². The van der Waals surface area contributed by atoms with Gasteiger partial charge in [0.2, 0.25) is 5.91 Å². The van der Waals surface area contributed by atoms with E-state index < -0.39 is 6.40 Å². The highest BCUT2D eigenvalue weighted by Gasteiger charge is 2.28. The molecule has 0 saturated carbocycles. The molecule has 0 radical (unpaired) electrons. The molecule has 1 aliphatic carbocycles. The van der Waals surface area contributed by atoms with Crippen molar-refractivity contribution in [3.8, 4) is 11.1 Å². The molecule has 2 nitrogen and oxygen atoms in total. The molecule has 4 rings (SSSR count). The zero-order valence-corrected chi connectivity index (χ0v) is 12.7. The Morgan fingerprint density at radius 1 is 1.05 bits per heavy atom. The van der Waals surface area contributed by atoms with Gasteiger partial charge in [-0.05, 0) is 47.4 Å². The SMILES string of the molecule is [2H]C(C(=O)N1CCCC1)C1Cc2ccccc2-c2ccccc21. The quantitative estimate of drug-likeness (QED) is 0.819. The maximum absolute atomic E-state index is 12.7. The van der Waals surface area contributed by atoms with Crippen LogP contribution in [0.5, 0.6) is 0 Å². The van der Waals surface area contributed by atoms with E-state index in [1.54, 1.807) is 0 Å². The van der Waals surface area contributed by atoms with Crippen LogP contribution in [0.2, 0.25) is 0 Å². The summed E-state index contributed by atoms with van der Waals surface area (Å²) in [6.07, 6.45) is 2.22. The molecular weight excluding hydrogens is 270 g/mol. The lowest BCUT2D eigenvalue weighted by Gasteiger charge is -2.28. The Hall–Kier alpha value is -2.09. The van der Waals surface area contributed by atoms with Gasteiger partial charge in [-0.3, -0.25) is 4.79 Å². The minimum absolute atomic E-state index is 0.00156. The maximum atomic E-state index is 12.7.